The SMILES string of the molecule is CC(C)Oc1ccc2c(O)c(OC(=O)O)nc(Cl)c2c1. The van der Waals surface area contributed by atoms with Crippen LogP contribution in [0.1, 0.15) is 13.8 Å². The van der Waals surface area contributed by atoms with Gasteiger partial charge in [-0.3, -0.25) is 0 Å². The van der Waals surface area contributed by atoms with Gasteiger partial charge in [0, 0.05) is 10.8 Å². The number of hydrogen-bond donors (Lipinski definition) is 2. The molecule has 1 aromatic carbocycles. The number of pyridine rings is 1. The Morgan fingerprint density at radius 2 is 2.05 bits per heavy atom. The van der Waals surface area contributed by atoms with Crippen molar-refractivity contribution in [3.05, 3.63) is 23.4 Å². The topological polar surface area (TPSA) is 88.9 Å². The molecule has 0 unspecified atom stereocenters. The maximum absolute atomic E-state index is 10.5. The molecule has 0 bridgehead atoms. The van der Waals surface area contributed by atoms with Gasteiger partial charge in [-0.15, -0.1) is 0 Å². The highest BCUT2D eigenvalue weighted by molar-refractivity contribution is 6.34. The van der Waals surface area contributed by atoms with E-state index in [1.54, 1.807) is 18.2 Å². The molecule has 1 heterocycles. The van der Waals surface area contributed by atoms with Crippen molar-refractivity contribution < 1.29 is 24.5 Å². The first kappa shape index (κ1) is 14.2. The number of aromatic hydroxyl groups is 1. The second kappa shape index (κ2) is 5.42. The Bertz CT molecular complexity index is 671. The van der Waals surface area contributed by atoms with Crippen molar-refractivity contribution in [2.45, 2.75) is 20.0 Å². The highest BCUT2D eigenvalue weighted by Gasteiger charge is 2.16. The Labute approximate surface area is 119 Å². The molecule has 0 aliphatic carbocycles. The first-order valence-electron chi connectivity index (χ1n) is 5.78. The molecule has 2 N–H and O–H groups in total. The van der Waals surface area contributed by atoms with Crippen molar-refractivity contribution in [3.8, 4) is 17.4 Å². The van der Waals surface area contributed by atoms with Crippen molar-refractivity contribution in [1.29, 1.82) is 0 Å². The lowest BCUT2D eigenvalue weighted by atomic mass is 10.1. The summed E-state index contributed by atoms with van der Waals surface area (Å²) in [7, 11) is 0. The van der Waals surface area contributed by atoms with Gasteiger partial charge in [0.25, 0.3) is 5.88 Å². The number of carboxylic acid groups (broad SMARTS) is 1. The van der Waals surface area contributed by atoms with E-state index in [-0.39, 0.29) is 17.0 Å². The first-order chi connectivity index (χ1) is 9.38. The highest BCUT2D eigenvalue weighted by Crippen LogP contribution is 2.38. The van der Waals surface area contributed by atoms with Gasteiger partial charge >= 0.3 is 6.16 Å². The number of hydrogen-bond acceptors (Lipinski definition) is 5. The molecule has 1 aromatic heterocycles. The van der Waals surface area contributed by atoms with Gasteiger partial charge in [0.15, 0.2) is 5.75 Å². The highest BCUT2D eigenvalue weighted by atomic mass is 35.5. The van der Waals surface area contributed by atoms with Crippen molar-refractivity contribution in [1.82, 2.24) is 4.98 Å². The third-order valence-corrected chi connectivity index (χ3v) is 2.71. The molecule has 0 saturated heterocycles. The van der Waals surface area contributed by atoms with Crippen LogP contribution >= 0.6 is 11.6 Å². The van der Waals surface area contributed by atoms with Crippen LogP contribution in [0.4, 0.5) is 4.79 Å². The number of carbonyl (C=O) groups is 1. The van der Waals surface area contributed by atoms with Gasteiger partial charge in [-0.1, -0.05) is 11.6 Å². The minimum absolute atomic E-state index is 0.0117. The second-order valence-electron chi connectivity index (χ2n) is 4.30. The third-order valence-electron chi connectivity index (χ3n) is 2.43. The number of halogens is 1. The molecule has 2 aromatic rings. The minimum Gasteiger partial charge on any atom is -0.503 e. The quantitative estimate of drug-likeness (QED) is 0.666. The van der Waals surface area contributed by atoms with Crippen LogP contribution < -0.4 is 9.47 Å². The number of ether oxygens (including phenoxy) is 2. The number of benzene rings is 1. The predicted molar refractivity (Wildman–Crippen MR) is 72.8 cm³/mol. The summed E-state index contributed by atoms with van der Waals surface area (Å²) in [6, 6.07) is 4.82. The lowest BCUT2D eigenvalue weighted by Gasteiger charge is -2.12. The summed E-state index contributed by atoms with van der Waals surface area (Å²) < 4.78 is 9.89. The maximum atomic E-state index is 10.5. The minimum atomic E-state index is -1.58. The molecule has 7 heteroatoms. The Morgan fingerprint density at radius 1 is 1.35 bits per heavy atom. The van der Waals surface area contributed by atoms with Crippen molar-refractivity contribution in [2.75, 3.05) is 0 Å². The van der Waals surface area contributed by atoms with Gasteiger partial charge in [-0.2, -0.15) is 4.98 Å². The van der Waals surface area contributed by atoms with Crippen LogP contribution in [0.15, 0.2) is 18.2 Å². The molecule has 0 saturated carbocycles. The molecule has 0 amide bonds. The van der Waals surface area contributed by atoms with E-state index in [0.717, 1.165) is 0 Å². The lowest BCUT2D eigenvalue weighted by Crippen LogP contribution is -2.06. The second-order valence-corrected chi connectivity index (χ2v) is 4.66. The summed E-state index contributed by atoms with van der Waals surface area (Å²) in [5.74, 6) is -0.266. The molecular weight excluding hydrogens is 286 g/mol. The Hall–Kier alpha value is -2.21. The van der Waals surface area contributed by atoms with E-state index < -0.39 is 12.0 Å². The Kier molecular flexibility index (Phi) is 3.85. The molecular formula is C13H12ClNO5. The van der Waals surface area contributed by atoms with E-state index in [1.165, 1.54) is 0 Å². The Morgan fingerprint density at radius 3 is 2.65 bits per heavy atom. The molecule has 0 aliphatic heterocycles. The van der Waals surface area contributed by atoms with E-state index in [0.29, 0.717) is 16.5 Å². The average Bonchev–Trinajstić information content (AvgIpc) is 2.34. The van der Waals surface area contributed by atoms with Gasteiger partial charge in [-0.25, -0.2) is 4.79 Å². The summed E-state index contributed by atoms with van der Waals surface area (Å²) in [5.41, 5.74) is 0. The fraction of sp³-hybridized carbons (Fsp3) is 0.231. The van der Waals surface area contributed by atoms with Crippen LogP contribution in [0, 0.1) is 0 Å². The summed E-state index contributed by atoms with van der Waals surface area (Å²) in [6.07, 6.45) is -1.59. The van der Waals surface area contributed by atoms with Crippen LogP contribution in [-0.2, 0) is 0 Å². The van der Waals surface area contributed by atoms with Crippen LogP contribution in [0.3, 0.4) is 0 Å². The average molecular weight is 298 g/mol. The van der Waals surface area contributed by atoms with Crippen LogP contribution in [0.5, 0.6) is 17.4 Å². The Balaban J connectivity index is 2.56. The number of fused-ring (bicyclic) bond motifs is 1. The van der Waals surface area contributed by atoms with Crippen molar-refractivity contribution in [3.63, 3.8) is 0 Å². The lowest BCUT2D eigenvalue weighted by molar-refractivity contribution is 0.141. The number of aromatic nitrogens is 1. The summed E-state index contributed by atoms with van der Waals surface area (Å²) in [6.45, 7) is 3.76. The zero-order valence-electron chi connectivity index (χ0n) is 10.8. The molecule has 2 rings (SSSR count). The predicted octanol–water partition coefficient (Wildman–Crippen LogP) is 3.44. The third kappa shape index (κ3) is 2.85. The largest absolute Gasteiger partial charge is 0.512 e. The molecule has 0 radical (unpaired) electrons. The maximum Gasteiger partial charge on any atom is 0.512 e. The number of nitrogens with zero attached hydrogens (tertiary/aromatic N) is 1. The van der Waals surface area contributed by atoms with Crippen LogP contribution in [-0.4, -0.2) is 27.5 Å². The van der Waals surface area contributed by atoms with Crippen LogP contribution in [0.2, 0.25) is 5.15 Å². The van der Waals surface area contributed by atoms with Gasteiger partial charge in [0.05, 0.1) is 6.10 Å². The molecule has 6 nitrogen and oxygen atoms in total. The first-order valence-corrected chi connectivity index (χ1v) is 6.16. The van der Waals surface area contributed by atoms with Crippen LogP contribution in [0.25, 0.3) is 10.8 Å². The van der Waals surface area contributed by atoms with E-state index >= 15 is 0 Å². The monoisotopic (exact) mass is 297 g/mol. The molecule has 106 valence electrons. The molecule has 0 spiro atoms. The van der Waals surface area contributed by atoms with Gasteiger partial charge in [-0.05, 0) is 32.0 Å². The standard InChI is InChI=1S/C13H12ClNO5/c1-6(2)19-7-3-4-8-9(5-7)11(14)15-12(10(8)16)20-13(17)18/h3-6,16H,1-2H3,(H,17,18). The molecule has 0 fully saturated rings. The van der Waals surface area contributed by atoms with Gasteiger partial charge in [0.1, 0.15) is 10.9 Å². The fourth-order valence-corrected chi connectivity index (χ4v) is 1.95. The zero-order chi connectivity index (χ0) is 14.9. The van der Waals surface area contributed by atoms with E-state index in [9.17, 15) is 9.90 Å². The molecule has 0 aliphatic rings. The summed E-state index contributed by atoms with van der Waals surface area (Å²) in [5, 5.41) is 19.3. The van der Waals surface area contributed by atoms with E-state index in [4.69, 9.17) is 21.4 Å². The van der Waals surface area contributed by atoms with Crippen molar-refractivity contribution in [2.24, 2.45) is 0 Å². The van der Waals surface area contributed by atoms with Gasteiger partial charge in [0.2, 0.25) is 0 Å². The molecule has 20 heavy (non-hydrogen) atoms. The van der Waals surface area contributed by atoms with E-state index in [2.05, 4.69) is 9.72 Å². The zero-order valence-corrected chi connectivity index (χ0v) is 11.5. The molecule has 0 atom stereocenters. The summed E-state index contributed by atoms with van der Waals surface area (Å²) in [4.78, 5) is 14.2. The fourth-order valence-electron chi connectivity index (χ4n) is 1.72. The summed E-state index contributed by atoms with van der Waals surface area (Å²) >= 11 is 5.98. The smallest absolute Gasteiger partial charge is 0.503 e. The number of rotatable bonds is 3. The van der Waals surface area contributed by atoms with Gasteiger partial charge < -0.3 is 19.7 Å². The van der Waals surface area contributed by atoms with E-state index in [1.807, 2.05) is 13.8 Å². The van der Waals surface area contributed by atoms with Crippen molar-refractivity contribution >= 4 is 28.5 Å². The normalized spacial score (nSPS) is 10.8.